The monoisotopic (exact) mass is 290 g/mol. The van der Waals surface area contributed by atoms with Crippen molar-refractivity contribution in [3.63, 3.8) is 0 Å². The molecule has 1 unspecified atom stereocenters. The van der Waals surface area contributed by atoms with Crippen LogP contribution in [0.25, 0.3) is 0 Å². The van der Waals surface area contributed by atoms with E-state index < -0.39 is 0 Å². The highest BCUT2D eigenvalue weighted by molar-refractivity contribution is 5.24. The fourth-order valence-corrected chi connectivity index (χ4v) is 3.09. The lowest BCUT2D eigenvalue weighted by atomic mass is 9.99. The molecule has 1 N–H and O–H groups in total. The Morgan fingerprint density at radius 1 is 1.24 bits per heavy atom. The van der Waals surface area contributed by atoms with Gasteiger partial charge in [-0.2, -0.15) is 0 Å². The van der Waals surface area contributed by atoms with E-state index in [1.54, 1.807) is 0 Å². The van der Waals surface area contributed by atoms with Gasteiger partial charge in [-0.3, -0.25) is 0 Å². The molecule has 3 heteroatoms. The van der Waals surface area contributed by atoms with Crippen molar-refractivity contribution in [3.8, 4) is 0 Å². The van der Waals surface area contributed by atoms with Crippen LogP contribution in [0.3, 0.4) is 0 Å². The van der Waals surface area contributed by atoms with Gasteiger partial charge >= 0.3 is 0 Å². The van der Waals surface area contributed by atoms with Gasteiger partial charge < -0.3 is 15.0 Å². The summed E-state index contributed by atoms with van der Waals surface area (Å²) in [4.78, 5) is 2.48. The number of hydrogen-bond donors (Lipinski definition) is 1. The normalized spacial score (nSPS) is 18.1. The van der Waals surface area contributed by atoms with Gasteiger partial charge in [0.05, 0.1) is 0 Å². The second-order valence-corrected chi connectivity index (χ2v) is 6.36. The number of nitrogens with one attached hydrogen (secondary N) is 1. The van der Waals surface area contributed by atoms with E-state index in [4.69, 9.17) is 4.74 Å². The molecule has 1 heterocycles. The van der Waals surface area contributed by atoms with Crippen molar-refractivity contribution in [2.75, 3.05) is 40.4 Å². The van der Waals surface area contributed by atoms with Crippen LogP contribution in [-0.2, 0) is 4.74 Å². The predicted octanol–water partition coefficient (Wildman–Crippen LogP) is 3.00. The number of rotatable bonds is 7. The maximum absolute atomic E-state index is 5.44. The number of benzene rings is 1. The number of ether oxygens (including phenoxy) is 1. The van der Waals surface area contributed by atoms with E-state index in [0.717, 1.165) is 32.1 Å². The molecule has 1 aromatic rings. The second-order valence-electron chi connectivity index (χ2n) is 6.36. The summed E-state index contributed by atoms with van der Waals surface area (Å²) in [5.41, 5.74) is 2.72. The first-order valence-corrected chi connectivity index (χ1v) is 8.19. The van der Waals surface area contributed by atoms with E-state index in [2.05, 4.69) is 55.5 Å². The van der Waals surface area contributed by atoms with E-state index >= 15 is 0 Å². The van der Waals surface area contributed by atoms with Gasteiger partial charge in [0.25, 0.3) is 0 Å². The topological polar surface area (TPSA) is 24.5 Å². The van der Waals surface area contributed by atoms with E-state index in [1.807, 2.05) is 0 Å². The van der Waals surface area contributed by atoms with Crippen molar-refractivity contribution in [1.82, 2.24) is 10.2 Å². The van der Waals surface area contributed by atoms with Gasteiger partial charge in [0.1, 0.15) is 0 Å². The van der Waals surface area contributed by atoms with Crippen LogP contribution in [0, 0.1) is 12.8 Å². The molecule has 0 amide bonds. The summed E-state index contributed by atoms with van der Waals surface area (Å²) in [5.74, 6) is 0.816. The average Bonchev–Trinajstić information content (AvgIpc) is 2.50. The quantitative estimate of drug-likeness (QED) is 0.835. The van der Waals surface area contributed by atoms with Gasteiger partial charge in [-0.1, -0.05) is 29.8 Å². The molecule has 0 bridgehead atoms. The fraction of sp³-hybridized carbons (Fsp3) is 0.667. The molecule has 2 rings (SSSR count). The Hall–Kier alpha value is -0.900. The lowest BCUT2D eigenvalue weighted by Gasteiger charge is -2.28. The van der Waals surface area contributed by atoms with E-state index in [0.29, 0.717) is 6.04 Å². The first-order valence-electron chi connectivity index (χ1n) is 8.19. The summed E-state index contributed by atoms with van der Waals surface area (Å²) >= 11 is 0. The van der Waals surface area contributed by atoms with Crippen molar-refractivity contribution in [2.45, 2.75) is 32.2 Å². The molecule has 0 saturated carbocycles. The molecule has 1 atom stereocenters. The minimum Gasteiger partial charge on any atom is -0.381 e. The van der Waals surface area contributed by atoms with Crippen LogP contribution < -0.4 is 5.32 Å². The van der Waals surface area contributed by atoms with Gasteiger partial charge in [-0.15, -0.1) is 0 Å². The smallest absolute Gasteiger partial charge is 0.0469 e. The van der Waals surface area contributed by atoms with Crippen LogP contribution in [0.5, 0.6) is 0 Å². The van der Waals surface area contributed by atoms with Crippen LogP contribution in [0.4, 0.5) is 0 Å². The summed E-state index contributed by atoms with van der Waals surface area (Å²) in [7, 11) is 4.31. The van der Waals surface area contributed by atoms with Crippen LogP contribution in [-0.4, -0.2) is 45.3 Å². The molecule has 0 radical (unpaired) electrons. The highest BCUT2D eigenvalue weighted by Crippen LogP contribution is 2.19. The van der Waals surface area contributed by atoms with Crippen LogP contribution >= 0.6 is 0 Å². The van der Waals surface area contributed by atoms with Crippen molar-refractivity contribution in [1.29, 1.82) is 0 Å². The first kappa shape index (κ1) is 16.5. The average molecular weight is 290 g/mol. The lowest BCUT2D eigenvalue weighted by Crippen LogP contribution is -2.32. The standard InChI is InChI=1S/C18H30N2O/c1-15-4-6-17(7-5-15)18(19-2)8-11-20(3)14-16-9-12-21-13-10-16/h4-7,16,18-19H,8-14H2,1-3H3. The Morgan fingerprint density at radius 2 is 1.90 bits per heavy atom. The Bertz CT molecular complexity index is 398. The molecule has 118 valence electrons. The number of hydrogen-bond acceptors (Lipinski definition) is 3. The third-order valence-electron chi connectivity index (χ3n) is 4.54. The molecular weight excluding hydrogens is 260 g/mol. The summed E-state index contributed by atoms with van der Waals surface area (Å²) in [6, 6.07) is 9.34. The first-order chi connectivity index (χ1) is 10.2. The zero-order chi connectivity index (χ0) is 15.1. The zero-order valence-electron chi connectivity index (χ0n) is 13.8. The van der Waals surface area contributed by atoms with E-state index in [-0.39, 0.29) is 0 Å². The van der Waals surface area contributed by atoms with E-state index in [1.165, 1.54) is 30.5 Å². The minimum atomic E-state index is 0.447. The Balaban J connectivity index is 1.77. The SMILES string of the molecule is CNC(CCN(C)CC1CCOCC1)c1ccc(C)cc1. The number of aryl methyl sites for hydroxylation is 1. The van der Waals surface area contributed by atoms with Crippen LogP contribution in [0.1, 0.15) is 36.4 Å². The molecule has 0 aromatic heterocycles. The van der Waals surface area contributed by atoms with Gasteiger partial charge in [0.2, 0.25) is 0 Å². The minimum absolute atomic E-state index is 0.447. The zero-order valence-corrected chi connectivity index (χ0v) is 13.8. The maximum atomic E-state index is 5.44. The van der Waals surface area contributed by atoms with Crippen molar-refractivity contribution >= 4 is 0 Å². The van der Waals surface area contributed by atoms with Gasteiger partial charge in [0.15, 0.2) is 0 Å². The Kier molecular flexibility index (Phi) is 6.68. The number of nitrogens with zero attached hydrogens (tertiary/aromatic N) is 1. The molecule has 1 aromatic carbocycles. The second kappa shape index (κ2) is 8.52. The molecule has 1 aliphatic heterocycles. The van der Waals surface area contributed by atoms with Crippen molar-refractivity contribution < 1.29 is 4.74 Å². The fourth-order valence-electron chi connectivity index (χ4n) is 3.09. The predicted molar refractivity (Wildman–Crippen MR) is 88.6 cm³/mol. The highest BCUT2D eigenvalue weighted by atomic mass is 16.5. The largest absolute Gasteiger partial charge is 0.381 e. The Morgan fingerprint density at radius 3 is 2.52 bits per heavy atom. The molecule has 1 aliphatic rings. The Labute approximate surface area is 129 Å². The molecule has 1 fully saturated rings. The third kappa shape index (κ3) is 5.42. The summed E-state index contributed by atoms with van der Waals surface area (Å²) < 4.78 is 5.44. The molecule has 1 saturated heterocycles. The molecule has 21 heavy (non-hydrogen) atoms. The van der Waals surface area contributed by atoms with Gasteiger partial charge in [0, 0.05) is 25.8 Å². The maximum Gasteiger partial charge on any atom is 0.0469 e. The summed E-state index contributed by atoms with van der Waals surface area (Å²) in [6.07, 6.45) is 3.59. The van der Waals surface area contributed by atoms with Crippen LogP contribution in [0.2, 0.25) is 0 Å². The molecular formula is C18H30N2O. The van der Waals surface area contributed by atoms with Crippen LogP contribution in [0.15, 0.2) is 24.3 Å². The van der Waals surface area contributed by atoms with E-state index in [9.17, 15) is 0 Å². The third-order valence-corrected chi connectivity index (χ3v) is 4.54. The summed E-state index contributed by atoms with van der Waals surface area (Å²) in [5, 5.41) is 3.45. The van der Waals surface area contributed by atoms with Crippen molar-refractivity contribution in [3.05, 3.63) is 35.4 Å². The highest BCUT2D eigenvalue weighted by Gasteiger charge is 2.16. The lowest BCUT2D eigenvalue weighted by molar-refractivity contribution is 0.0553. The summed E-state index contributed by atoms with van der Waals surface area (Å²) in [6.45, 7) is 6.37. The van der Waals surface area contributed by atoms with Crippen molar-refractivity contribution in [2.24, 2.45) is 5.92 Å². The molecule has 0 aliphatic carbocycles. The molecule has 0 spiro atoms. The van der Waals surface area contributed by atoms with Gasteiger partial charge in [-0.05, 0) is 58.3 Å². The van der Waals surface area contributed by atoms with Gasteiger partial charge in [-0.25, -0.2) is 0 Å². The molecule has 3 nitrogen and oxygen atoms in total.